The van der Waals surface area contributed by atoms with E-state index in [1.165, 1.54) is 11.1 Å². The van der Waals surface area contributed by atoms with Crippen molar-refractivity contribution in [1.82, 2.24) is 19.5 Å². The molecule has 0 radical (unpaired) electrons. The molecule has 0 spiro atoms. The Kier molecular flexibility index (Phi) is 3.17. The summed E-state index contributed by atoms with van der Waals surface area (Å²) in [5.74, 6) is 0.262. The number of nitrogens with zero attached hydrogens (tertiary/aromatic N) is 4. The average Bonchev–Trinajstić information content (AvgIpc) is 2.78. The summed E-state index contributed by atoms with van der Waals surface area (Å²) in [7, 11) is 0. The minimum atomic E-state index is 0.262. The first-order chi connectivity index (χ1) is 9.56. The average molecular weight is 332 g/mol. The fourth-order valence-electron chi connectivity index (χ4n) is 2.18. The van der Waals surface area contributed by atoms with Crippen molar-refractivity contribution < 1.29 is 0 Å². The zero-order chi connectivity index (χ0) is 14.3. The zero-order valence-corrected chi connectivity index (χ0v) is 12.8. The van der Waals surface area contributed by atoms with E-state index in [0.29, 0.717) is 11.1 Å². The van der Waals surface area contributed by atoms with Gasteiger partial charge in [0.15, 0.2) is 0 Å². The summed E-state index contributed by atoms with van der Waals surface area (Å²) in [6, 6.07) is 3.99. The summed E-state index contributed by atoms with van der Waals surface area (Å²) in [4.78, 5) is 12.9. The molecule has 0 aliphatic heterocycles. The molecule has 0 amide bonds. The maximum absolute atomic E-state index is 5.72. The lowest BCUT2D eigenvalue weighted by Gasteiger charge is -2.09. The van der Waals surface area contributed by atoms with Crippen LogP contribution in [0.25, 0.3) is 11.0 Å². The molecule has 6 heteroatoms. The lowest BCUT2D eigenvalue weighted by Crippen LogP contribution is -2.05. The van der Waals surface area contributed by atoms with Crippen LogP contribution in [0.2, 0.25) is 0 Å². The van der Waals surface area contributed by atoms with E-state index in [1.54, 1.807) is 0 Å². The van der Waals surface area contributed by atoms with Crippen molar-refractivity contribution in [2.24, 2.45) is 0 Å². The molecule has 2 N–H and O–H groups in total. The summed E-state index contributed by atoms with van der Waals surface area (Å²) >= 11 is 3.41. The largest absolute Gasteiger partial charge is 0.368 e. The standard InChI is InChI=1S/C14H14BrN5/c1-8-3-5-17-11(9(8)2)7-20-6-4-10-12(15)18-14(16)19-13(10)20/h3-6H,7H2,1-2H3,(H2,16,18,19). The summed E-state index contributed by atoms with van der Waals surface area (Å²) in [5, 5.41) is 0.949. The Morgan fingerprint density at radius 3 is 2.85 bits per heavy atom. The lowest BCUT2D eigenvalue weighted by molar-refractivity contribution is 0.787. The highest BCUT2D eigenvalue weighted by molar-refractivity contribution is 9.10. The minimum absolute atomic E-state index is 0.262. The Morgan fingerprint density at radius 1 is 1.25 bits per heavy atom. The van der Waals surface area contributed by atoms with Gasteiger partial charge in [0, 0.05) is 12.4 Å². The third-order valence-electron chi connectivity index (χ3n) is 3.49. The molecule has 0 bridgehead atoms. The first-order valence-electron chi connectivity index (χ1n) is 6.25. The van der Waals surface area contributed by atoms with Crippen LogP contribution in [-0.4, -0.2) is 19.5 Å². The van der Waals surface area contributed by atoms with Crippen LogP contribution in [0.15, 0.2) is 29.1 Å². The summed E-state index contributed by atoms with van der Waals surface area (Å²) < 4.78 is 2.75. The third kappa shape index (κ3) is 2.16. The molecule has 0 saturated carbocycles. The summed E-state index contributed by atoms with van der Waals surface area (Å²) in [6.45, 7) is 4.84. The van der Waals surface area contributed by atoms with Gasteiger partial charge in [-0.05, 0) is 53.0 Å². The maximum Gasteiger partial charge on any atom is 0.223 e. The molecule has 3 heterocycles. The molecule has 102 valence electrons. The first-order valence-corrected chi connectivity index (χ1v) is 7.04. The van der Waals surface area contributed by atoms with Crippen LogP contribution in [0.5, 0.6) is 0 Å². The molecule has 0 atom stereocenters. The van der Waals surface area contributed by atoms with Gasteiger partial charge in [0.1, 0.15) is 10.3 Å². The van der Waals surface area contributed by atoms with Gasteiger partial charge >= 0.3 is 0 Å². The Morgan fingerprint density at radius 2 is 2.05 bits per heavy atom. The second-order valence-corrected chi connectivity index (χ2v) is 5.50. The molecule has 0 fully saturated rings. The molecule has 3 aromatic rings. The van der Waals surface area contributed by atoms with Crippen molar-refractivity contribution in [1.29, 1.82) is 0 Å². The van der Waals surface area contributed by atoms with E-state index in [1.807, 2.05) is 29.1 Å². The second kappa shape index (κ2) is 4.86. The minimum Gasteiger partial charge on any atom is -0.368 e. The predicted octanol–water partition coefficient (Wildman–Crippen LogP) is 2.84. The molecule has 0 saturated heterocycles. The van der Waals surface area contributed by atoms with Gasteiger partial charge in [0.25, 0.3) is 0 Å². The molecule has 5 nitrogen and oxygen atoms in total. The van der Waals surface area contributed by atoms with Crippen molar-refractivity contribution >= 4 is 32.9 Å². The first kappa shape index (κ1) is 13.1. The van der Waals surface area contributed by atoms with E-state index in [0.717, 1.165) is 16.7 Å². The number of fused-ring (bicyclic) bond motifs is 1. The highest BCUT2D eigenvalue weighted by Gasteiger charge is 2.10. The van der Waals surface area contributed by atoms with E-state index >= 15 is 0 Å². The summed E-state index contributed by atoms with van der Waals surface area (Å²) in [6.07, 6.45) is 3.82. The van der Waals surface area contributed by atoms with Crippen molar-refractivity contribution in [3.8, 4) is 0 Å². The molecule has 20 heavy (non-hydrogen) atoms. The van der Waals surface area contributed by atoms with E-state index in [2.05, 4.69) is 44.7 Å². The fraction of sp³-hybridized carbons (Fsp3) is 0.214. The highest BCUT2D eigenvalue weighted by Crippen LogP contribution is 2.23. The Labute approximate surface area is 125 Å². The van der Waals surface area contributed by atoms with Crippen LogP contribution in [0, 0.1) is 13.8 Å². The molecule has 3 rings (SSSR count). The monoisotopic (exact) mass is 331 g/mol. The van der Waals surface area contributed by atoms with Gasteiger partial charge in [-0.2, -0.15) is 4.98 Å². The van der Waals surface area contributed by atoms with Crippen LogP contribution in [0.3, 0.4) is 0 Å². The van der Waals surface area contributed by atoms with Crippen LogP contribution < -0.4 is 5.73 Å². The molecule has 0 aliphatic carbocycles. The van der Waals surface area contributed by atoms with Gasteiger partial charge in [-0.3, -0.25) is 4.98 Å². The zero-order valence-electron chi connectivity index (χ0n) is 11.3. The molecule has 0 unspecified atom stereocenters. The van der Waals surface area contributed by atoms with Gasteiger partial charge in [-0.25, -0.2) is 4.98 Å². The van der Waals surface area contributed by atoms with Gasteiger partial charge < -0.3 is 10.3 Å². The number of hydrogen-bond donors (Lipinski definition) is 1. The van der Waals surface area contributed by atoms with E-state index in [9.17, 15) is 0 Å². The van der Waals surface area contributed by atoms with Crippen LogP contribution in [0.1, 0.15) is 16.8 Å². The molecule has 0 aliphatic rings. The quantitative estimate of drug-likeness (QED) is 0.733. The number of pyridine rings is 1. The van der Waals surface area contributed by atoms with E-state index < -0.39 is 0 Å². The highest BCUT2D eigenvalue weighted by atomic mass is 79.9. The SMILES string of the molecule is Cc1ccnc(Cn2ccc3c(Br)nc(N)nc32)c1C. The molecule has 3 aromatic heterocycles. The topological polar surface area (TPSA) is 69.6 Å². The van der Waals surface area contributed by atoms with Crippen LogP contribution >= 0.6 is 15.9 Å². The van der Waals surface area contributed by atoms with E-state index in [-0.39, 0.29) is 5.95 Å². The lowest BCUT2D eigenvalue weighted by atomic mass is 10.1. The number of rotatable bonds is 2. The van der Waals surface area contributed by atoms with Crippen LogP contribution in [0.4, 0.5) is 5.95 Å². The third-order valence-corrected chi connectivity index (χ3v) is 4.09. The number of hydrogen-bond acceptors (Lipinski definition) is 4. The number of aryl methyl sites for hydroxylation is 1. The Bertz CT molecular complexity index is 794. The number of aromatic nitrogens is 4. The second-order valence-electron chi connectivity index (χ2n) is 4.75. The molecular weight excluding hydrogens is 318 g/mol. The van der Waals surface area contributed by atoms with Crippen molar-refractivity contribution in [3.63, 3.8) is 0 Å². The van der Waals surface area contributed by atoms with E-state index in [4.69, 9.17) is 5.73 Å². The fourth-order valence-corrected chi connectivity index (χ4v) is 2.67. The van der Waals surface area contributed by atoms with Gasteiger partial charge in [-0.15, -0.1) is 0 Å². The Hall–Kier alpha value is -1.95. The predicted molar refractivity (Wildman–Crippen MR) is 82.5 cm³/mol. The number of nitrogen functional groups attached to an aromatic ring is 1. The molecular formula is C14H14BrN5. The number of halogens is 1. The van der Waals surface area contributed by atoms with Gasteiger partial charge in [-0.1, -0.05) is 0 Å². The maximum atomic E-state index is 5.72. The van der Waals surface area contributed by atoms with Crippen LogP contribution in [-0.2, 0) is 6.54 Å². The number of anilines is 1. The normalized spacial score (nSPS) is 11.2. The van der Waals surface area contributed by atoms with Crippen molar-refractivity contribution in [2.75, 3.05) is 5.73 Å². The van der Waals surface area contributed by atoms with Gasteiger partial charge in [0.2, 0.25) is 5.95 Å². The smallest absolute Gasteiger partial charge is 0.223 e. The number of nitrogens with two attached hydrogens (primary N) is 1. The van der Waals surface area contributed by atoms with Gasteiger partial charge in [0.05, 0.1) is 17.6 Å². The van der Waals surface area contributed by atoms with Crippen molar-refractivity contribution in [3.05, 3.63) is 46.0 Å². The summed E-state index contributed by atoms with van der Waals surface area (Å²) in [5.41, 5.74) is 10.0. The Balaban J connectivity index is 2.09. The molecule has 0 aromatic carbocycles. The van der Waals surface area contributed by atoms with Crippen molar-refractivity contribution in [2.45, 2.75) is 20.4 Å².